The molecule has 2 N–H and O–H groups in total. The quantitative estimate of drug-likeness (QED) is 0.437. The van der Waals surface area contributed by atoms with E-state index in [1.165, 1.54) is 0 Å². The van der Waals surface area contributed by atoms with Crippen molar-refractivity contribution in [3.8, 4) is 0 Å². The van der Waals surface area contributed by atoms with Gasteiger partial charge in [0.2, 0.25) is 0 Å². The van der Waals surface area contributed by atoms with Crippen molar-refractivity contribution in [2.75, 3.05) is 5.43 Å². The molecule has 0 saturated carbocycles. The molecule has 0 aliphatic carbocycles. The molecular weight excluding hydrogens is 268 g/mol. The number of benzene rings is 2. The number of fused-ring (bicyclic) bond motifs is 1. The lowest BCUT2D eigenvalue weighted by Gasteiger charge is -2.05. The van der Waals surface area contributed by atoms with Crippen molar-refractivity contribution in [2.24, 2.45) is 5.10 Å². The van der Waals surface area contributed by atoms with E-state index in [4.69, 9.17) is 0 Å². The summed E-state index contributed by atoms with van der Waals surface area (Å²) in [6, 6.07) is 16.2. The molecule has 0 radical (unpaired) electrons. The molecule has 3 rings (SSSR count). The van der Waals surface area contributed by atoms with Crippen LogP contribution in [-0.4, -0.2) is 21.1 Å². The zero-order valence-electron chi connectivity index (χ0n) is 11.0. The van der Waals surface area contributed by atoms with Crippen LogP contribution in [-0.2, 0) is 0 Å². The number of aromatic nitrogens is 2. The van der Waals surface area contributed by atoms with Crippen LogP contribution in [0.5, 0.6) is 0 Å². The Bertz CT molecular complexity index is 856. The SMILES string of the molecule is O=c1c2ccccc2nc(N/N=C\c2ccccc2)n1O. The van der Waals surface area contributed by atoms with Crippen molar-refractivity contribution in [1.82, 2.24) is 9.71 Å². The minimum atomic E-state index is -0.544. The molecule has 0 atom stereocenters. The van der Waals surface area contributed by atoms with Gasteiger partial charge >= 0.3 is 0 Å². The highest BCUT2D eigenvalue weighted by atomic mass is 16.5. The third-order valence-corrected chi connectivity index (χ3v) is 2.93. The van der Waals surface area contributed by atoms with E-state index < -0.39 is 5.56 Å². The van der Waals surface area contributed by atoms with Crippen molar-refractivity contribution in [1.29, 1.82) is 0 Å². The van der Waals surface area contributed by atoms with E-state index in [-0.39, 0.29) is 5.95 Å². The smallest absolute Gasteiger partial charge is 0.295 e. The lowest BCUT2D eigenvalue weighted by Crippen LogP contribution is -2.22. The van der Waals surface area contributed by atoms with Gasteiger partial charge in [-0.15, -0.1) is 4.73 Å². The molecule has 3 aromatic rings. The maximum atomic E-state index is 12.0. The van der Waals surface area contributed by atoms with E-state index in [1.807, 2.05) is 30.3 Å². The fraction of sp³-hybridized carbons (Fsp3) is 0. The summed E-state index contributed by atoms with van der Waals surface area (Å²) in [6.07, 6.45) is 1.57. The maximum absolute atomic E-state index is 12.0. The summed E-state index contributed by atoms with van der Waals surface area (Å²) in [5.74, 6) is -0.0362. The van der Waals surface area contributed by atoms with Crippen LogP contribution in [0.4, 0.5) is 5.95 Å². The van der Waals surface area contributed by atoms with Crippen LogP contribution < -0.4 is 11.0 Å². The second-order valence-corrected chi connectivity index (χ2v) is 4.35. The number of hydrogen-bond acceptors (Lipinski definition) is 5. The van der Waals surface area contributed by atoms with Crippen LogP contribution in [0.3, 0.4) is 0 Å². The lowest BCUT2D eigenvalue weighted by atomic mass is 10.2. The van der Waals surface area contributed by atoms with E-state index in [0.717, 1.165) is 5.56 Å². The molecule has 0 fully saturated rings. The number of anilines is 1. The molecule has 104 valence electrons. The summed E-state index contributed by atoms with van der Waals surface area (Å²) in [5, 5.41) is 14.1. The fourth-order valence-corrected chi connectivity index (χ4v) is 1.90. The summed E-state index contributed by atoms with van der Waals surface area (Å²) >= 11 is 0. The largest absolute Gasteiger partial charge is 0.422 e. The topological polar surface area (TPSA) is 79.5 Å². The molecule has 0 spiro atoms. The van der Waals surface area contributed by atoms with Gasteiger partial charge < -0.3 is 5.21 Å². The van der Waals surface area contributed by atoms with Gasteiger partial charge in [0, 0.05) is 0 Å². The Morgan fingerprint density at radius 2 is 1.81 bits per heavy atom. The molecule has 6 nitrogen and oxygen atoms in total. The van der Waals surface area contributed by atoms with E-state index in [2.05, 4.69) is 15.5 Å². The number of hydrazone groups is 1. The first kappa shape index (κ1) is 12.9. The summed E-state index contributed by atoms with van der Waals surface area (Å²) in [6.45, 7) is 0. The highest BCUT2D eigenvalue weighted by Gasteiger charge is 2.08. The average molecular weight is 280 g/mol. The zero-order valence-corrected chi connectivity index (χ0v) is 11.0. The molecule has 1 heterocycles. The van der Waals surface area contributed by atoms with Crippen molar-refractivity contribution < 1.29 is 5.21 Å². The first-order valence-electron chi connectivity index (χ1n) is 6.31. The van der Waals surface area contributed by atoms with Crippen LogP contribution in [0.1, 0.15) is 5.56 Å². The van der Waals surface area contributed by atoms with Crippen molar-refractivity contribution in [3.05, 3.63) is 70.5 Å². The van der Waals surface area contributed by atoms with Crippen molar-refractivity contribution in [2.45, 2.75) is 0 Å². The van der Waals surface area contributed by atoms with E-state index >= 15 is 0 Å². The van der Waals surface area contributed by atoms with E-state index in [0.29, 0.717) is 15.6 Å². The minimum Gasteiger partial charge on any atom is -0.422 e. The Balaban J connectivity index is 1.93. The number of nitrogens with one attached hydrogen (secondary N) is 1. The third kappa shape index (κ3) is 2.59. The molecule has 2 aromatic carbocycles. The van der Waals surface area contributed by atoms with Gasteiger partial charge in [-0.3, -0.25) is 4.79 Å². The standard InChI is InChI=1S/C15H12N4O2/c20-14-12-8-4-5-9-13(12)17-15(19(14)21)18-16-10-11-6-2-1-3-7-11/h1-10,21H,(H,17,18)/b16-10-. The van der Waals surface area contributed by atoms with Gasteiger partial charge in [-0.1, -0.05) is 42.5 Å². The first-order chi connectivity index (χ1) is 10.3. The monoisotopic (exact) mass is 280 g/mol. The van der Waals surface area contributed by atoms with Crippen molar-refractivity contribution in [3.63, 3.8) is 0 Å². The summed E-state index contributed by atoms with van der Waals surface area (Å²) in [5.41, 5.74) is 3.40. The fourth-order valence-electron chi connectivity index (χ4n) is 1.90. The Morgan fingerprint density at radius 1 is 1.10 bits per heavy atom. The van der Waals surface area contributed by atoms with E-state index in [1.54, 1.807) is 30.5 Å². The van der Waals surface area contributed by atoms with Crippen LogP contribution in [0, 0.1) is 0 Å². The molecule has 6 heteroatoms. The highest BCUT2D eigenvalue weighted by molar-refractivity contribution is 5.80. The Kier molecular flexibility index (Phi) is 3.34. The third-order valence-electron chi connectivity index (χ3n) is 2.93. The number of para-hydroxylation sites is 1. The molecule has 0 amide bonds. The molecule has 0 aliphatic heterocycles. The summed E-state index contributed by atoms with van der Waals surface area (Å²) in [4.78, 5) is 16.1. The predicted molar refractivity (Wildman–Crippen MR) is 80.8 cm³/mol. The van der Waals surface area contributed by atoms with E-state index in [9.17, 15) is 10.0 Å². The Morgan fingerprint density at radius 3 is 2.62 bits per heavy atom. The Labute approximate surface area is 120 Å². The summed E-state index contributed by atoms with van der Waals surface area (Å²) < 4.78 is 0.449. The minimum absolute atomic E-state index is 0.0362. The number of hydrogen-bond donors (Lipinski definition) is 2. The average Bonchev–Trinajstić information content (AvgIpc) is 2.53. The second-order valence-electron chi connectivity index (χ2n) is 4.35. The van der Waals surface area contributed by atoms with Gasteiger partial charge in [-0.2, -0.15) is 5.10 Å². The van der Waals surface area contributed by atoms with Gasteiger partial charge in [0.05, 0.1) is 17.1 Å². The number of nitrogens with zero attached hydrogens (tertiary/aromatic N) is 3. The molecular formula is C15H12N4O2. The number of rotatable bonds is 3. The zero-order chi connectivity index (χ0) is 14.7. The van der Waals surface area contributed by atoms with Crippen LogP contribution in [0.2, 0.25) is 0 Å². The molecule has 0 unspecified atom stereocenters. The summed E-state index contributed by atoms with van der Waals surface area (Å²) in [7, 11) is 0. The molecule has 0 aliphatic rings. The predicted octanol–water partition coefficient (Wildman–Crippen LogP) is 2.08. The molecule has 0 bridgehead atoms. The highest BCUT2D eigenvalue weighted by Crippen LogP contribution is 2.09. The van der Waals surface area contributed by atoms with Crippen LogP contribution in [0.15, 0.2) is 64.5 Å². The first-order valence-corrected chi connectivity index (χ1v) is 6.31. The van der Waals surface area contributed by atoms with Crippen LogP contribution in [0.25, 0.3) is 10.9 Å². The molecule has 21 heavy (non-hydrogen) atoms. The van der Waals surface area contributed by atoms with Gasteiger partial charge in [-0.05, 0) is 17.7 Å². The maximum Gasteiger partial charge on any atom is 0.295 e. The van der Waals surface area contributed by atoms with Gasteiger partial charge in [0.15, 0.2) is 0 Å². The van der Waals surface area contributed by atoms with Gasteiger partial charge in [0.25, 0.3) is 11.5 Å². The van der Waals surface area contributed by atoms with Crippen molar-refractivity contribution >= 4 is 23.1 Å². The van der Waals surface area contributed by atoms with Crippen LogP contribution >= 0.6 is 0 Å². The lowest BCUT2D eigenvalue weighted by molar-refractivity contribution is 0.179. The normalized spacial score (nSPS) is 11.0. The van der Waals surface area contributed by atoms with Gasteiger partial charge in [-0.25, -0.2) is 10.4 Å². The Hall–Kier alpha value is -3.15. The molecule has 0 saturated heterocycles. The van der Waals surface area contributed by atoms with Gasteiger partial charge in [0.1, 0.15) is 0 Å². The molecule has 1 aromatic heterocycles. The second kappa shape index (κ2) is 5.46.